The van der Waals surface area contributed by atoms with Crippen molar-refractivity contribution in [3.05, 3.63) is 95.1 Å². The Morgan fingerprint density at radius 1 is 0.909 bits per heavy atom. The maximum Gasteiger partial charge on any atom is 0.264 e. The van der Waals surface area contributed by atoms with Gasteiger partial charge >= 0.3 is 0 Å². The molecule has 3 aromatic carbocycles. The van der Waals surface area contributed by atoms with Gasteiger partial charge in [-0.05, 0) is 50.1 Å². The number of rotatable bonds is 10. The van der Waals surface area contributed by atoms with E-state index in [4.69, 9.17) is 0 Å². The van der Waals surface area contributed by atoms with Gasteiger partial charge in [0.05, 0.1) is 10.6 Å². The second kappa shape index (κ2) is 11.4. The average molecular weight is 483 g/mol. The monoisotopic (exact) mass is 482 g/mol. The number of hydrogen-bond donors (Lipinski definition) is 1. The van der Waals surface area contributed by atoms with Crippen LogP contribution in [0.25, 0.3) is 0 Å². The van der Waals surface area contributed by atoms with E-state index in [2.05, 4.69) is 30.4 Å². The lowest BCUT2D eigenvalue weighted by Gasteiger charge is -2.26. The fraction of sp³-hybridized carbons (Fsp3) is 0.269. The predicted molar refractivity (Wildman–Crippen MR) is 137 cm³/mol. The van der Waals surface area contributed by atoms with E-state index in [1.165, 1.54) is 15.4 Å². The maximum absolute atomic E-state index is 13.4. The lowest BCUT2D eigenvalue weighted by atomic mass is 10.1. The second-order valence-electron chi connectivity index (χ2n) is 8.01. The molecule has 0 heterocycles. The number of carbonyl (C=O) groups excluding carboxylic acids is 1. The van der Waals surface area contributed by atoms with Crippen molar-refractivity contribution in [2.24, 2.45) is 0 Å². The van der Waals surface area contributed by atoms with Crippen LogP contribution in [-0.4, -0.2) is 33.2 Å². The minimum atomic E-state index is -3.89. The van der Waals surface area contributed by atoms with Crippen molar-refractivity contribution in [3.8, 4) is 0 Å². The summed E-state index contributed by atoms with van der Waals surface area (Å²) in [5.41, 5.74) is 4.82. The van der Waals surface area contributed by atoms with E-state index >= 15 is 0 Å². The van der Waals surface area contributed by atoms with Gasteiger partial charge in [0.25, 0.3) is 10.0 Å². The van der Waals surface area contributed by atoms with E-state index in [0.29, 0.717) is 12.2 Å². The summed E-state index contributed by atoms with van der Waals surface area (Å²) in [7, 11) is -3.89. The predicted octanol–water partition coefficient (Wildman–Crippen LogP) is 4.86. The molecule has 0 unspecified atom stereocenters. The molecule has 5 nitrogen and oxygen atoms in total. The minimum Gasteiger partial charge on any atom is -0.354 e. The fourth-order valence-corrected chi connectivity index (χ4v) is 5.86. The second-order valence-corrected chi connectivity index (χ2v) is 11.0. The molecule has 0 spiro atoms. The summed E-state index contributed by atoms with van der Waals surface area (Å²) in [6.07, 6.45) is 0. The Bertz CT molecular complexity index is 1200. The number of anilines is 1. The normalized spacial score (nSPS) is 11.2. The van der Waals surface area contributed by atoms with Gasteiger partial charge in [-0.25, -0.2) is 8.42 Å². The zero-order valence-corrected chi connectivity index (χ0v) is 20.9. The number of carbonyl (C=O) groups is 1. The van der Waals surface area contributed by atoms with Gasteiger partial charge in [0.15, 0.2) is 0 Å². The molecule has 0 aliphatic carbocycles. The first kappa shape index (κ1) is 24.9. The zero-order valence-electron chi connectivity index (χ0n) is 19.2. The van der Waals surface area contributed by atoms with Crippen molar-refractivity contribution in [2.45, 2.75) is 31.4 Å². The lowest BCUT2D eigenvalue weighted by Crippen LogP contribution is -2.41. The summed E-state index contributed by atoms with van der Waals surface area (Å²) in [6.45, 7) is 6.08. The van der Waals surface area contributed by atoms with Crippen molar-refractivity contribution in [1.29, 1.82) is 0 Å². The molecule has 0 radical (unpaired) electrons. The molecule has 0 aromatic heterocycles. The SMILES string of the molecule is Cc1cccc(CSCCNC(=O)CN(c2ccc(C)cc2C)S(=O)(=O)c2ccccc2)c1. The van der Waals surface area contributed by atoms with Gasteiger partial charge < -0.3 is 5.32 Å². The third-order valence-electron chi connectivity index (χ3n) is 5.16. The molecule has 0 fully saturated rings. The van der Waals surface area contributed by atoms with E-state index in [0.717, 1.165) is 22.6 Å². The van der Waals surface area contributed by atoms with Crippen molar-refractivity contribution in [3.63, 3.8) is 0 Å². The van der Waals surface area contributed by atoms with Crippen molar-refractivity contribution in [2.75, 3.05) is 23.1 Å². The highest BCUT2D eigenvalue weighted by Gasteiger charge is 2.28. The van der Waals surface area contributed by atoms with Crippen LogP contribution in [0.15, 0.2) is 77.7 Å². The summed E-state index contributed by atoms with van der Waals surface area (Å²) >= 11 is 1.73. The molecule has 174 valence electrons. The number of sulfonamides is 1. The Kier molecular flexibility index (Phi) is 8.58. The lowest BCUT2D eigenvalue weighted by molar-refractivity contribution is -0.119. The van der Waals surface area contributed by atoms with Crippen molar-refractivity contribution in [1.82, 2.24) is 5.32 Å². The minimum absolute atomic E-state index is 0.159. The molecule has 33 heavy (non-hydrogen) atoms. The van der Waals surface area contributed by atoms with Gasteiger partial charge in [-0.3, -0.25) is 9.10 Å². The highest BCUT2D eigenvalue weighted by atomic mass is 32.2. The fourth-order valence-electron chi connectivity index (χ4n) is 3.55. The Hall–Kier alpha value is -2.77. The van der Waals surface area contributed by atoms with Crippen LogP contribution in [0.4, 0.5) is 5.69 Å². The van der Waals surface area contributed by atoms with Gasteiger partial charge in [-0.15, -0.1) is 0 Å². The quantitative estimate of drug-likeness (QED) is 0.419. The highest BCUT2D eigenvalue weighted by Crippen LogP contribution is 2.27. The third kappa shape index (κ3) is 6.85. The number of benzene rings is 3. The van der Waals surface area contributed by atoms with Crippen LogP contribution in [0.2, 0.25) is 0 Å². The van der Waals surface area contributed by atoms with E-state index in [1.807, 2.05) is 32.0 Å². The molecular weight excluding hydrogens is 452 g/mol. The third-order valence-corrected chi connectivity index (χ3v) is 7.96. The molecule has 3 rings (SSSR count). The molecule has 0 saturated carbocycles. The molecule has 0 aliphatic rings. The molecule has 7 heteroatoms. The highest BCUT2D eigenvalue weighted by molar-refractivity contribution is 7.98. The Morgan fingerprint density at radius 3 is 2.33 bits per heavy atom. The molecule has 0 bridgehead atoms. The number of hydrogen-bond acceptors (Lipinski definition) is 4. The molecular formula is C26H30N2O3S2. The summed E-state index contributed by atoms with van der Waals surface area (Å²) in [5, 5.41) is 2.87. The number of nitrogens with zero attached hydrogens (tertiary/aromatic N) is 1. The summed E-state index contributed by atoms with van der Waals surface area (Å²) in [4.78, 5) is 12.9. The maximum atomic E-state index is 13.4. The number of nitrogens with one attached hydrogen (secondary N) is 1. The summed E-state index contributed by atoms with van der Waals surface area (Å²) < 4.78 is 28.0. The van der Waals surface area contributed by atoms with Crippen LogP contribution in [0.5, 0.6) is 0 Å². The van der Waals surface area contributed by atoms with Gasteiger partial charge in [-0.1, -0.05) is 65.7 Å². The van der Waals surface area contributed by atoms with Crippen LogP contribution in [-0.2, 0) is 20.6 Å². The van der Waals surface area contributed by atoms with Crippen LogP contribution in [0, 0.1) is 20.8 Å². The topological polar surface area (TPSA) is 66.5 Å². The first-order valence-corrected chi connectivity index (χ1v) is 13.4. The Morgan fingerprint density at radius 2 is 1.64 bits per heavy atom. The van der Waals surface area contributed by atoms with Gasteiger partial charge in [0, 0.05) is 18.1 Å². The molecule has 1 N–H and O–H groups in total. The van der Waals surface area contributed by atoms with Crippen LogP contribution in [0.1, 0.15) is 22.3 Å². The number of thioether (sulfide) groups is 1. The largest absolute Gasteiger partial charge is 0.354 e. The first-order valence-electron chi connectivity index (χ1n) is 10.8. The zero-order chi connectivity index (χ0) is 23.8. The molecule has 0 aliphatic heterocycles. The molecule has 1 amide bonds. The van der Waals surface area contributed by atoms with E-state index in [1.54, 1.807) is 48.2 Å². The average Bonchev–Trinajstić information content (AvgIpc) is 2.78. The van der Waals surface area contributed by atoms with E-state index in [9.17, 15) is 13.2 Å². The van der Waals surface area contributed by atoms with Gasteiger partial charge in [0.1, 0.15) is 6.54 Å². The molecule has 3 aromatic rings. The van der Waals surface area contributed by atoms with Crippen LogP contribution >= 0.6 is 11.8 Å². The van der Waals surface area contributed by atoms with Crippen molar-refractivity contribution >= 4 is 33.4 Å². The first-order chi connectivity index (χ1) is 15.8. The van der Waals surface area contributed by atoms with Gasteiger partial charge in [0.2, 0.25) is 5.91 Å². The van der Waals surface area contributed by atoms with Gasteiger partial charge in [-0.2, -0.15) is 11.8 Å². The van der Waals surface area contributed by atoms with E-state index < -0.39 is 10.0 Å². The van der Waals surface area contributed by atoms with Crippen LogP contribution in [0.3, 0.4) is 0 Å². The van der Waals surface area contributed by atoms with Crippen molar-refractivity contribution < 1.29 is 13.2 Å². The summed E-state index contributed by atoms with van der Waals surface area (Å²) in [5.74, 6) is 1.29. The number of aryl methyl sites for hydroxylation is 3. The smallest absolute Gasteiger partial charge is 0.264 e. The Labute approximate surface area is 201 Å². The molecule has 0 atom stereocenters. The Balaban J connectivity index is 1.66. The standard InChI is InChI=1S/C26H30N2O3S2/c1-20-8-7-9-23(17-20)19-32-15-14-27-26(29)18-28(25-13-12-21(2)16-22(25)3)33(30,31)24-10-5-4-6-11-24/h4-13,16-17H,14-15,18-19H2,1-3H3,(H,27,29). The number of amides is 1. The van der Waals surface area contributed by atoms with Crippen LogP contribution < -0.4 is 9.62 Å². The van der Waals surface area contributed by atoms with E-state index in [-0.39, 0.29) is 17.3 Å². The summed E-state index contributed by atoms with van der Waals surface area (Å²) in [6, 6.07) is 22.1. The molecule has 0 saturated heterocycles.